The van der Waals surface area contributed by atoms with Gasteiger partial charge in [0.25, 0.3) is 21.2 Å². The molecule has 2 saturated heterocycles. The third-order valence-corrected chi connectivity index (χ3v) is 23.5. The molecule has 5 rings (SSSR count). The van der Waals surface area contributed by atoms with Crippen LogP contribution in [0.15, 0.2) is 47.8 Å². The highest BCUT2D eigenvalue weighted by Gasteiger charge is 2.67. The molecule has 20 nitrogen and oxygen atoms in total. The van der Waals surface area contributed by atoms with E-state index in [-0.39, 0.29) is 47.5 Å². The lowest BCUT2D eigenvalue weighted by molar-refractivity contribution is -0.0567. The summed E-state index contributed by atoms with van der Waals surface area (Å²) < 4.78 is 63.3. The number of aryl methyl sites for hydroxylation is 2. The van der Waals surface area contributed by atoms with E-state index in [0.717, 1.165) is 14.5 Å². The lowest BCUT2D eigenvalue weighted by atomic mass is 9.89. The number of aliphatic hydroxyl groups excluding tert-OH is 1. The van der Waals surface area contributed by atoms with E-state index in [0.29, 0.717) is 31.2 Å². The zero-order valence-electron chi connectivity index (χ0n) is 38.6. The Bertz CT molecular complexity index is 2480. The normalized spacial score (nSPS) is 26.3. The van der Waals surface area contributed by atoms with E-state index in [1.807, 2.05) is 33.9 Å². The molecule has 0 radical (unpaired) electrons. The molecule has 2 aromatic rings. The standard InChI is InChI=1S/C40H66N8O12SSi2/c1-25-20-47(31-19-27(43-44-42)28(22-49)57-31)36(52)45(33(25)50)17-15-13-14-16-18-46-34(51)26(2)21-48(37(46)53)35-32(59-63(11,12)39(6,7)8)40(29(41)24-61(54,55)60-40)30(58-35)23-56-62(9,10)38(3,4)5/h20-21,24,27-28,30-32,35,49H,13-19,22-23,41H2,1-12H3. The summed E-state index contributed by atoms with van der Waals surface area (Å²) in [7, 11) is -9.57. The molecular weight excluding hydrogens is 873 g/mol. The highest BCUT2D eigenvalue weighted by molar-refractivity contribution is 7.90. The minimum Gasteiger partial charge on any atom is -0.414 e. The fourth-order valence-electron chi connectivity index (χ4n) is 7.64. The third-order valence-electron chi connectivity index (χ3n) is 13.5. The average Bonchev–Trinajstić information content (AvgIpc) is 3.79. The predicted octanol–water partition coefficient (Wildman–Crippen LogP) is 4.38. The molecule has 3 N–H and O–H groups in total. The van der Waals surface area contributed by atoms with Crippen molar-refractivity contribution in [1.82, 2.24) is 18.3 Å². The molecule has 3 aliphatic rings. The van der Waals surface area contributed by atoms with Crippen molar-refractivity contribution in [2.45, 2.75) is 179 Å². The topological polar surface area (TPSA) is 263 Å². The zero-order chi connectivity index (χ0) is 47.2. The first kappa shape index (κ1) is 50.4. The van der Waals surface area contributed by atoms with Gasteiger partial charge < -0.3 is 29.2 Å². The molecule has 0 aliphatic carbocycles. The van der Waals surface area contributed by atoms with Crippen LogP contribution in [0.1, 0.15) is 97.2 Å². The van der Waals surface area contributed by atoms with Crippen LogP contribution in [0.2, 0.25) is 36.3 Å². The van der Waals surface area contributed by atoms with Gasteiger partial charge in [-0.1, -0.05) is 59.5 Å². The quantitative estimate of drug-likeness (QED) is 0.0592. The van der Waals surface area contributed by atoms with Gasteiger partial charge in [0, 0.05) is 47.9 Å². The first-order valence-corrected chi connectivity index (χ1v) is 28.7. The van der Waals surface area contributed by atoms with E-state index in [9.17, 15) is 32.7 Å². The second-order valence-corrected chi connectivity index (χ2v) is 30.9. The van der Waals surface area contributed by atoms with Crippen molar-refractivity contribution >= 4 is 26.8 Å². The van der Waals surface area contributed by atoms with Crippen LogP contribution < -0.4 is 28.2 Å². The molecule has 5 heterocycles. The van der Waals surface area contributed by atoms with Gasteiger partial charge in [0.15, 0.2) is 28.5 Å². The number of rotatable bonds is 16. The van der Waals surface area contributed by atoms with Crippen LogP contribution in [0.4, 0.5) is 0 Å². The van der Waals surface area contributed by atoms with Crippen molar-refractivity contribution < 1.29 is 36.0 Å². The van der Waals surface area contributed by atoms with E-state index in [2.05, 4.69) is 43.9 Å². The second kappa shape index (κ2) is 18.3. The van der Waals surface area contributed by atoms with Crippen LogP contribution in [0.25, 0.3) is 10.4 Å². The number of azide groups is 1. The predicted molar refractivity (Wildman–Crippen MR) is 241 cm³/mol. The van der Waals surface area contributed by atoms with E-state index in [4.69, 9.17) is 33.8 Å². The molecule has 0 aromatic carbocycles. The Morgan fingerprint density at radius 3 is 1.89 bits per heavy atom. The summed E-state index contributed by atoms with van der Waals surface area (Å²) in [6, 6.07) is -0.679. The van der Waals surface area contributed by atoms with Crippen LogP contribution in [-0.2, 0) is 45.7 Å². The van der Waals surface area contributed by atoms with E-state index in [1.165, 1.54) is 21.5 Å². The maximum Gasteiger partial charge on any atom is 0.333 e. The number of nitrogens with two attached hydrogens (primary N) is 1. The van der Waals surface area contributed by atoms with Crippen LogP contribution in [0.5, 0.6) is 0 Å². The minimum atomic E-state index is -4.31. The maximum atomic E-state index is 14.5. The second-order valence-electron chi connectivity index (χ2n) is 20.0. The SMILES string of the molecule is Cc1cn(C2CC(N=[N+]=[N-])C(CO)O2)c(=O)n(CCCCCCn2c(=O)c(C)cn(C3OC(CO[Si](C)(C)C(C)(C)C)C4(OS(=O)(=O)C=C4N)C3O[Si](C)(C)C(C)(C)C)c2=O)c1=O. The van der Waals surface area contributed by atoms with Gasteiger partial charge >= 0.3 is 11.4 Å². The largest absolute Gasteiger partial charge is 0.414 e. The molecule has 7 atom stereocenters. The fraction of sp³-hybridized carbons (Fsp3) is 0.750. The molecule has 2 aromatic heterocycles. The van der Waals surface area contributed by atoms with Crippen LogP contribution >= 0.6 is 0 Å². The molecule has 23 heteroatoms. The van der Waals surface area contributed by atoms with Gasteiger partial charge in [0.1, 0.15) is 18.4 Å². The molecule has 2 fully saturated rings. The number of unbranched alkanes of at least 4 members (excludes halogenated alkanes) is 3. The van der Waals surface area contributed by atoms with Crippen molar-refractivity contribution in [1.29, 1.82) is 0 Å². The number of hydrogen-bond donors (Lipinski definition) is 2. The molecule has 3 aliphatic heterocycles. The zero-order valence-corrected chi connectivity index (χ0v) is 41.4. The molecule has 0 saturated carbocycles. The third kappa shape index (κ3) is 9.97. The Hall–Kier alpha value is -3.65. The number of nitrogens with zero attached hydrogens (tertiary/aromatic N) is 7. The molecule has 352 valence electrons. The summed E-state index contributed by atoms with van der Waals surface area (Å²) in [6.07, 6.45) is -0.435. The Balaban J connectivity index is 1.40. The number of ether oxygens (including phenoxy) is 2. The number of aliphatic hydroxyl groups is 1. The van der Waals surface area contributed by atoms with E-state index >= 15 is 0 Å². The lowest BCUT2D eigenvalue weighted by Gasteiger charge is -2.43. The van der Waals surface area contributed by atoms with Crippen molar-refractivity contribution in [3.8, 4) is 0 Å². The van der Waals surface area contributed by atoms with E-state index in [1.54, 1.807) is 13.8 Å². The van der Waals surface area contributed by atoms with Gasteiger partial charge in [-0.3, -0.25) is 27.9 Å². The molecule has 1 spiro atoms. The summed E-state index contributed by atoms with van der Waals surface area (Å²) in [5, 5.41) is 13.6. The Morgan fingerprint density at radius 2 is 1.41 bits per heavy atom. The van der Waals surface area contributed by atoms with Gasteiger partial charge in [0.2, 0.25) is 0 Å². The monoisotopic (exact) mass is 938 g/mol. The molecule has 63 heavy (non-hydrogen) atoms. The smallest absolute Gasteiger partial charge is 0.333 e. The minimum absolute atomic E-state index is 0.0321. The van der Waals surface area contributed by atoms with Crippen molar-refractivity contribution in [3.05, 3.63) is 86.7 Å². The van der Waals surface area contributed by atoms with Crippen LogP contribution in [0.3, 0.4) is 0 Å². The first-order chi connectivity index (χ1) is 29.0. The van der Waals surface area contributed by atoms with Crippen molar-refractivity contribution in [2.75, 3.05) is 13.2 Å². The summed E-state index contributed by atoms with van der Waals surface area (Å²) >= 11 is 0. The molecular formula is C40H66N8O12SSi2. The summed E-state index contributed by atoms with van der Waals surface area (Å²) in [6.45, 7) is 23.1. The highest BCUT2D eigenvalue weighted by Crippen LogP contribution is 2.52. The molecule has 0 amide bonds. The Labute approximate surface area is 370 Å². The molecule has 0 bridgehead atoms. The van der Waals surface area contributed by atoms with Crippen molar-refractivity contribution in [3.63, 3.8) is 0 Å². The van der Waals surface area contributed by atoms with E-state index < -0.39 is 98.3 Å². The number of aromatic nitrogens is 4. The Morgan fingerprint density at radius 1 is 0.889 bits per heavy atom. The summed E-state index contributed by atoms with van der Waals surface area (Å²) in [5.41, 5.74) is 11.8. The average molecular weight is 939 g/mol. The van der Waals surface area contributed by atoms with Gasteiger partial charge in [-0.05, 0) is 68.5 Å². The maximum absolute atomic E-state index is 14.5. The summed E-state index contributed by atoms with van der Waals surface area (Å²) in [5.74, 6) is 0. The molecule has 7 unspecified atom stereocenters. The van der Waals surface area contributed by atoms with Gasteiger partial charge in [-0.15, -0.1) is 0 Å². The van der Waals surface area contributed by atoms with Crippen LogP contribution in [-0.4, -0.2) is 91.6 Å². The first-order valence-electron chi connectivity index (χ1n) is 21.4. The summed E-state index contributed by atoms with van der Waals surface area (Å²) in [4.78, 5) is 57.5. The van der Waals surface area contributed by atoms with Crippen LogP contribution in [0, 0.1) is 13.8 Å². The number of hydrogen-bond acceptors (Lipinski definition) is 14. The fourth-order valence-corrected chi connectivity index (χ4v) is 11.2. The lowest BCUT2D eigenvalue weighted by Crippen LogP contribution is -2.59. The van der Waals surface area contributed by atoms with Gasteiger partial charge in [-0.2, -0.15) is 8.42 Å². The van der Waals surface area contributed by atoms with Gasteiger partial charge in [-0.25, -0.2) is 13.8 Å². The van der Waals surface area contributed by atoms with Crippen molar-refractivity contribution in [2.24, 2.45) is 10.8 Å². The van der Waals surface area contributed by atoms with Gasteiger partial charge in [0.05, 0.1) is 36.5 Å². The Kier molecular flexibility index (Phi) is 14.6. The highest BCUT2D eigenvalue weighted by atomic mass is 32.2.